The molecule has 0 aliphatic heterocycles. The van der Waals surface area contributed by atoms with Gasteiger partial charge in [0.25, 0.3) is 0 Å². The van der Waals surface area contributed by atoms with Gasteiger partial charge in [-0.1, -0.05) is 32.0 Å². The van der Waals surface area contributed by atoms with Crippen LogP contribution in [0.1, 0.15) is 26.3 Å². The van der Waals surface area contributed by atoms with Crippen LogP contribution in [0.3, 0.4) is 0 Å². The smallest absolute Gasteiger partial charge is 0.236 e. The Kier molecular flexibility index (Phi) is 4.23. The van der Waals surface area contributed by atoms with E-state index in [4.69, 9.17) is 5.73 Å². The molecular weight excluding hydrogens is 219 g/mol. The molecule has 0 unspecified atom stereocenters. The van der Waals surface area contributed by atoms with Crippen LogP contribution in [0.2, 0.25) is 0 Å². The van der Waals surface area contributed by atoms with Crippen molar-refractivity contribution in [2.24, 2.45) is 5.73 Å². The highest BCUT2D eigenvalue weighted by Gasteiger charge is 2.24. The molecule has 0 fully saturated rings. The maximum absolute atomic E-state index is 13.6. The van der Waals surface area contributed by atoms with E-state index in [1.54, 1.807) is 25.1 Å². The van der Waals surface area contributed by atoms with E-state index < -0.39 is 11.5 Å². The third kappa shape index (κ3) is 3.53. The molecule has 1 amide bonds. The van der Waals surface area contributed by atoms with Crippen LogP contribution in [0.15, 0.2) is 24.3 Å². The molecule has 1 aromatic carbocycles. The number of hydrogen-bond donors (Lipinski definition) is 2. The Hall–Kier alpha value is -1.42. The number of nitrogens with one attached hydrogen (secondary N) is 1. The van der Waals surface area contributed by atoms with Crippen LogP contribution in [0.5, 0.6) is 0 Å². The second kappa shape index (κ2) is 5.27. The molecule has 0 radical (unpaired) electrons. The summed E-state index contributed by atoms with van der Waals surface area (Å²) in [5, 5.41) is 2.72. The number of carbonyl (C=O) groups excluding carboxylic acids is 1. The number of benzene rings is 1. The van der Waals surface area contributed by atoms with Gasteiger partial charge in [-0.05, 0) is 18.6 Å². The molecule has 0 aromatic heterocycles. The highest BCUT2D eigenvalue weighted by molar-refractivity contribution is 5.81. The molecule has 0 bridgehead atoms. The number of rotatable bonds is 4. The van der Waals surface area contributed by atoms with Gasteiger partial charge in [-0.15, -0.1) is 0 Å². The van der Waals surface area contributed by atoms with Gasteiger partial charge >= 0.3 is 0 Å². The van der Waals surface area contributed by atoms with Gasteiger partial charge in [-0.25, -0.2) is 4.39 Å². The molecule has 0 saturated heterocycles. The van der Waals surface area contributed by atoms with Crippen LogP contribution >= 0.6 is 0 Å². The number of nitrogens with two attached hydrogens (primary N) is 1. The van der Waals surface area contributed by atoms with Gasteiger partial charge in [0, 0.05) is 12.0 Å². The van der Waals surface area contributed by atoms with Crippen LogP contribution in [-0.4, -0.2) is 18.5 Å². The summed E-state index contributed by atoms with van der Waals surface area (Å²) in [6, 6.07) is 6.03. The first kappa shape index (κ1) is 13.6. The van der Waals surface area contributed by atoms with E-state index in [1.807, 2.05) is 13.8 Å². The zero-order chi connectivity index (χ0) is 13.1. The predicted molar refractivity (Wildman–Crippen MR) is 66.1 cm³/mol. The van der Waals surface area contributed by atoms with Crippen LogP contribution < -0.4 is 11.1 Å². The lowest BCUT2D eigenvalue weighted by atomic mass is 9.84. The minimum atomic E-state index is -0.550. The lowest BCUT2D eigenvalue weighted by Gasteiger charge is -2.26. The Morgan fingerprint density at radius 3 is 2.59 bits per heavy atom. The molecule has 1 rings (SSSR count). The quantitative estimate of drug-likeness (QED) is 0.836. The normalized spacial score (nSPS) is 13.2. The van der Waals surface area contributed by atoms with E-state index in [9.17, 15) is 9.18 Å². The maximum atomic E-state index is 13.6. The lowest BCUT2D eigenvalue weighted by molar-refractivity contribution is -0.122. The second-order valence-corrected chi connectivity index (χ2v) is 4.87. The molecule has 0 spiro atoms. The predicted octanol–water partition coefficient (Wildman–Crippen LogP) is 1.57. The Morgan fingerprint density at radius 1 is 1.47 bits per heavy atom. The van der Waals surface area contributed by atoms with Crippen molar-refractivity contribution in [2.45, 2.75) is 32.2 Å². The first-order chi connectivity index (χ1) is 7.84. The summed E-state index contributed by atoms with van der Waals surface area (Å²) in [5.41, 5.74) is 5.57. The largest absolute Gasteiger partial charge is 0.354 e. The summed E-state index contributed by atoms with van der Waals surface area (Å²) in [6.45, 7) is 5.74. The van der Waals surface area contributed by atoms with E-state index >= 15 is 0 Å². The van der Waals surface area contributed by atoms with Gasteiger partial charge in [0.15, 0.2) is 0 Å². The van der Waals surface area contributed by atoms with Gasteiger partial charge in [-0.2, -0.15) is 0 Å². The van der Waals surface area contributed by atoms with Crippen molar-refractivity contribution in [2.75, 3.05) is 6.54 Å². The molecule has 17 heavy (non-hydrogen) atoms. The summed E-state index contributed by atoms with van der Waals surface area (Å²) in [7, 11) is 0. The monoisotopic (exact) mass is 238 g/mol. The van der Waals surface area contributed by atoms with Crippen molar-refractivity contribution in [3.63, 3.8) is 0 Å². The Labute approximate surface area is 101 Å². The van der Waals surface area contributed by atoms with E-state index in [2.05, 4.69) is 5.32 Å². The van der Waals surface area contributed by atoms with Crippen LogP contribution in [0, 0.1) is 5.82 Å². The van der Waals surface area contributed by atoms with Crippen molar-refractivity contribution >= 4 is 5.91 Å². The number of hydrogen-bond acceptors (Lipinski definition) is 2. The molecule has 1 atom stereocenters. The average Bonchev–Trinajstić information content (AvgIpc) is 2.26. The van der Waals surface area contributed by atoms with Crippen LogP contribution in [0.4, 0.5) is 4.39 Å². The molecule has 1 aromatic rings. The van der Waals surface area contributed by atoms with Crippen molar-refractivity contribution in [1.82, 2.24) is 5.32 Å². The van der Waals surface area contributed by atoms with E-state index in [0.29, 0.717) is 12.1 Å². The SMILES string of the molecule is C[C@H](N)C(=O)NCC(C)(C)c1ccccc1F. The molecule has 4 heteroatoms. The minimum absolute atomic E-state index is 0.227. The average molecular weight is 238 g/mol. The highest BCUT2D eigenvalue weighted by atomic mass is 19.1. The number of carbonyl (C=O) groups is 1. The lowest BCUT2D eigenvalue weighted by Crippen LogP contribution is -2.44. The van der Waals surface area contributed by atoms with Gasteiger partial charge < -0.3 is 11.1 Å². The van der Waals surface area contributed by atoms with Crippen molar-refractivity contribution < 1.29 is 9.18 Å². The fraction of sp³-hybridized carbons (Fsp3) is 0.462. The maximum Gasteiger partial charge on any atom is 0.236 e. The second-order valence-electron chi connectivity index (χ2n) is 4.87. The van der Waals surface area contributed by atoms with Gasteiger partial charge in [0.1, 0.15) is 5.82 Å². The standard InChI is InChI=1S/C13H19FN2O/c1-9(15)12(17)16-8-13(2,3)10-6-4-5-7-11(10)14/h4-7,9H,8,15H2,1-3H3,(H,16,17)/t9-/m0/s1. The number of amides is 1. The molecule has 3 N–H and O–H groups in total. The van der Waals surface area contributed by atoms with Gasteiger partial charge in [0.05, 0.1) is 6.04 Å². The fourth-order valence-corrected chi connectivity index (χ4v) is 1.57. The molecule has 3 nitrogen and oxygen atoms in total. The fourth-order valence-electron chi connectivity index (χ4n) is 1.57. The number of halogens is 1. The minimum Gasteiger partial charge on any atom is -0.354 e. The summed E-state index contributed by atoms with van der Waals surface area (Å²) >= 11 is 0. The Bertz CT molecular complexity index is 402. The third-order valence-corrected chi connectivity index (χ3v) is 2.72. The Balaban J connectivity index is 2.76. The summed E-state index contributed by atoms with van der Waals surface area (Å²) in [4.78, 5) is 11.4. The van der Waals surface area contributed by atoms with Crippen molar-refractivity contribution in [1.29, 1.82) is 0 Å². The third-order valence-electron chi connectivity index (χ3n) is 2.72. The Morgan fingerprint density at radius 2 is 2.06 bits per heavy atom. The molecule has 0 heterocycles. The summed E-state index contributed by atoms with van der Waals surface area (Å²) in [6.07, 6.45) is 0. The highest BCUT2D eigenvalue weighted by Crippen LogP contribution is 2.24. The molecule has 0 aliphatic carbocycles. The summed E-state index contributed by atoms with van der Waals surface area (Å²) in [5.74, 6) is -0.484. The van der Waals surface area contributed by atoms with Crippen LogP contribution in [-0.2, 0) is 10.2 Å². The van der Waals surface area contributed by atoms with E-state index in [0.717, 1.165) is 0 Å². The topological polar surface area (TPSA) is 55.1 Å². The molecular formula is C13H19FN2O. The van der Waals surface area contributed by atoms with Gasteiger partial charge in [0.2, 0.25) is 5.91 Å². The van der Waals surface area contributed by atoms with Gasteiger partial charge in [-0.3, -0.25) is 4.79 Å². The molecule has 0 aliphatic rings. The van der Waals surface area contributed by atoms with E-state index in [1.165, 1.54) is 6.07 Å². The van der Waals surface area contributed by atoms with Crippen molar-refractivity contribution in [3.05, 3.63) is 35.6 Å². The van der Waals surface area contributed by atoms with Crippen LogP contribution in [0.25, 0.3) is 0 Å². The first-order valence-corrected chi connectivity index (χ1v) is 5.63. The van der Waals surface area contributed by atoms with E-state index in [-0.39, 0.29) is 11.7 Å². The zero-order valence-corrected chi connectivity index (χ0v) is 10.5. The summed E-state index contributed by atoms with van der Waals surface area (Å²) < 4.78 is 13.6. The first-order valence-electron chi connectivity index (χ1n) is 5.63. The molecule has 0 saturated carbocycles. The zero-order valence-electron chi connectivity index (χ0n) is 10.5. The van der Waals surface area contributed by atoms with Crippen molar-refractivity contribution in [3.8, 4) is 0 Å². The molecule has 94 valence electrons.